The number of nitrogens with zero attached hydrogens (tertiary/aromatic N) is 1. The quantitative estimate of drug-likeness (QED) is 0.809. The summed E-state index contributed by atoms with van der Waals surface area (Å²) >= 11 is 1.60. The number of aryl methyl sites for hydroxylation is 1. The number of anilines is 1. The first-order valence-corrected chi connectivity index (χ1v) is 10.8. The van der Waals surface area contributed by atoms with Gasteiger partial charge in [-0.05, 0) is 55.9 Å². The van der Waals surface area contributed by atoms with Crippen molar-refractivity contribution in [1.29, 1.82) is 0 Å². The predicted molar refractivity (Wildman–Crippen MR) is 113 cm³/mol. The van der Waals surface area contributed by atoms with Gasteiger partial charge in [0, 0.05) is 35.6 Å². The Bertz CT molecular complexity index is 918. The first kappa shape index (κ1) is 19.8. The molecule has 1 aromatic carbocycles. The van der Waals surface area contributed by atoms with Crippen LogP contribution in [-0.2, 0) is 17.6 Å². The standard InChI is InChI=1S/C22H26N2O4S/c1-27-17-7-6-16(13-18(17)28-2)23-21(25)14-5-8-19-15(11-14)12-20(29-19)22(26)24-9-3-4-10-24/h6-7,12-14H,3-5,8-11H2,1-2H3,(H,23,25). The van der Waals surface area contributed by atoms with Gasteiger partial charge in [0.25, 0.3) is 5.91 Å². The molecule has 1 aliphatic carbocycles. The van der Waals surface area contributed by atoms with Crippen LogP contribution in [0.15, 0.2) is 24.3 Å². The minimum atomic E-state index is -0.0973. The number of fused-ring (bicyclic) bond motifs is 1. The fraction of sp³-hybridized carbons (Fsp3) is 0.455. The van der Waals surface area contributed by atoms with Gasteiger partial charge in [0.2, 0.25) is 5.91 Å². The molecule has 29 heavy (non-hydrogen) atoms. The molecule has 1 N–H and O–H groups in total. The van der Waals surface area contributed by atoms with Crippen molar-refractivity contribution in [3.05, 3.63) is 39.6 Å². The highest BCUT2D eigenvalue weighted by Crippen LogP contribution is 2.35. The number of likely N-dealkylation sites (tertiary alicyclic amines) is 1. The summed E-state index contributed by atoms with van der Waals surface area (Å²) in [5.74, 6) is 1.26. The third-order valence-electron chi connectivity index (χ3n) is 5.71. The van der Waals surface area contributed by atoms with E-state index < -0.39 is 0 Å². The molecule has 154 valence electrons. The van der Waals surface area contributed by atoms with E-state index in [1.54, 1.807) is 37.7 Å². The Morgan fingerprint density at radius 3 is 2.59 bits per heavy atom. The first-order valence-electron chi connectivity index (χ1n) is 10.0. The highest BCUT2D eigenvalue weighted by molar-refractivity contribution is 7.14. The van der Waals surface area contributed by atoms with Gasteiger partial charge in [-0.3, -0.25) is 9.59 Å². The molecule has 1 aromatic heterocycles. The summed E-state index contributed by atoms with van der Waals surface area (Å²) in [6.07, 6.45) is 4.50. The normalized spacial score (nSPS) is 18.3. The Morgan fingerprint density at radius 2 is 1.86 bits per heavy atom. The van der Waals surface area contributed by atoms with Crippen LogP contribution in [0.5, 0.6) is 11.5 Å². The number of hydrogen-bond acceptors (Lipinski definition) is 5. The molecule has 2 aliphatic rings. The van der Waals surface area contributed by atoms with Crippen molar-refractivity contribution in [3.63, 3.8) is 0 Å². The molecule has 1 aliphatic heterocycles. The Hall–Kier alpha value is -2.54. The first-order chi connectivity index (χ1) is 14.1. The summed E-state index contributed by atoms with van der Waals surface area (Å²) in [5, 5.41) is 3.00. The second-order valence-electron chi connectivity index (χ2n) is 7.56. The number of methoxy groups -OCH3 is 2. The van der Waals surface area contributed by atoms with Crippen LogP contribution in [0.25, 0.3) is 0 Å². The van der Waals surface area contributed by atoms with Gasteiger partial charge in [0.15, 0.2) is 11.5 Å². The van der Waals surface area contributed by atoms with Gasteiger partial charge < -0.3 is 19.7 Å². The zero-order chi connectivity index (χ0) is 20.4. The van der Waals surface area contributed by atoms with Crippen molar-refractivity contribution < 1.29 is 19.1 Å². The fourth-order valence-corrected chi connectivity index (χ4v) is 5.26. The van der Waals surface area contributed by atoms with Crippen LogP contribution in [0.1, 0.15) is 39.4 Å². The van der Waals surface area contributed by atoms with Crippen molar-refractivity contribution in [2.75, 3.05) is 32.6 Å². The van der Waals surface area contributed by atoms with E-state index in [4.69, 9.17) is 9.47 Å². The monoisotopic (exact) mass is 414 g/mol. The number of carbonyl (C=O) groups is 2. The number of amides is 2. The molecule has 1 fully saturated rings. The van der Waals surface area contributed by atoms with Gasteiger partial charge >= 0.3 is 0 Å². The van der Waals surface area contributed by atoms with E-state index in [-0.39, 0.29) is 17.7 Å². The van der Waals surface area contributed by atoms with Crippen molar-refractivity contribution in [1.82, 2.24) is 4.90 Å². The van der Waals surface area contributed by atoms with Gasteiger partial charge in [0.1, 0.15) is 0 Å². The van der Waals surface area contributed by atoms with E-state index >= 15 is 0 Å². The summed E-state index contributed by atoms with van der Waals surface area (Å²) < 4.78 is 10.5. The molecule has 2 amide bonds. The van der Waals surface area contributed by atoms with Crippen LogP contribution < -0.4 is 14.8 Å². The molecule has 2 aromatic rings. The van der Waals surface area contributed by atoms with Crippen molar-refractivity contribution >= 4 is 28.8 Å². The summed E-state index contributed by atoms with van der Waals surface area (Å²) in [6.45, 7) is 1.72. The molecule has 1 unspecified atom stereocenters. The van der Waals surface area contributed by atoms with Crippen molar-refractivity contribution in [2.24, 2.45) is 5.92 Å². The Kier molecular flexibility index (Phi) is 5.76. The van der Waals surface area contributed by atoms with Crippen LogP contribution in [0.2, 0.25) is 0 Å². The third kappa shape index (κ3) is 4.10. The largest absolute Gasteiger partial charge is 0.493 e. The second-order valence-corrected chi connectivity index (χ2v) is 8.69. The zero-order valence-electron chi connectivity index (χ0n) is 16.8. The number of nitrogens with one attached hydrogen (secondary N) is 1. The molecule has 0 bridgehead atoms. The van der Waals surface area contributed by atoms with E-state index in [9.17, 15) is 9.59 Å². The third-order valence-corrected chi connectivity index (χ3v) is 6.93. The van der Waals surface area contributed by atoms with Crippen molar-refractivity contribution in [3.8, 4) is 11.5 Å². The zero-order valence-corrected chi connectivity index (χ0v) is 17.6. The maximum Gasteiger partial charge on any atom is 0.263 e. The molecule has 6 nitrogen and oxygen atoms in total. The molecular formula is C22H26N2O4S. The van der Waals surface area contributed by atoms with E-state index in [1.807, 2.05) is 17.0 Å². The Morgan fingerprint density at radius 1 is 1.10 bits per heavy atom. The summed E-state index contributed by atoms with van der Waals surface area (Å²) in [4.78, 5) is 29.5. The predicted octanol–water partition coefficient (Wildman–Crippen LogP) is 3.74. The van der Waals surface area contributed by atoms with Crippen molar-refractivity contribution in [2.45, 2.75) is 32.1 Å². The highest BCUT2D eigenvalue weighted by Gasteiger charge is 2.29. The number of ether oxygens (including phenoxy) is 2. The maximum atomic E-state index is 12.8. The molecule has 2 heterocycles. The Balaban J connectivity index is 1.43. The number of benzene rings is 1. The molecule has 0 saturated carbocycles. The van der Waals surface area contributed by atoms with E-state index in [2.05, 4.69) is 5.32 Å². The summed E-state index contributed by atoms with van der Waals surface area (Å²) in [5.41, 5.74) is 1.84. The molecule has 0 radical (unpaired) electrons. The van der Waals surface area contributed by atoms with E-state index in [0.29, 0.717) is 23.6 Å². The molecule has 1 atom stereocenters. The van der Waals surface area contributed by atoms with Gasteiger partial charge in [-0.25, -0.2) is 0 Å². The van der Waals surface area contributed by atoms with Gasteiger partial charge in [-0.2, -0.15) is 0 Å². The summed E-state index contributed by atoms with van der Waals surface area (Å²) in [7, 11) is 3.16. The lowest BCUT2D eigenvalue weighted by atomic mass is 9.87. The number of carbonyl (C=O) groups excluding carboxylic acids is 2. The van der Waals surface area contributed by atoms with Crippen LogP contribution in [0.4, 0.5) is 5.69 Å². The minimum Gasteiger partial charge on any atom is -0.493 e. The highest BCUT2D eigenvalue weighted by atomic mass is 32.1. The fourth-order valence-electron chi connectivity index (χ4n) is 4.09. The topological polar surface area (TPSA) is 67.9 Å². The number of hydrogen-bond donors (Lipinski definition) is 1. The van der Waals surface area contributed by atoms with Gasteiger partial charge in [-0.15, -0.1) is 11.3 Å². The molecule has 1 saturated heterocycles. The smallest absolute Gasteiger partial charge is 0.263 e. The minimum absolute atomic E-state index is 0.00138. The maximum absolute atomic E-state index is 12.8. The average Bonchev–Trinajstić information content (AvgIpc) is 3.42. The summed E-state index contributed by atoms with van der Waals surface area (Å²) in [6, 6.07) is 7.37. The molecule has 7 heteroatoms. The van der Waals surface area contributed by atoms with Crippen LogP contribution in [0.3, 0.4) is 0 Å². The van der Waals surface area contributed by atoms with Gasteiger partial charge in [0.05, 0.1) is 19.1 Å². The molecule has 4 rings (SSSR count). The molecule has 0 spiro atoms. The Labute approximate surface area is 174 Å². The SMILES string of the molecule is COc1ccc(NC(=O)C2CCc3sc(C(=O)N4CCCC4)cc3C2)cc1OC. The van der Waals surface area contributed by atoms with Gasteiger partial charge in [-0.1, -0.05) is 0 Å². The molecular weight excluding hydrogens is 388 g/mol. The lowest BCUT2D eigenvalue weighted by molar-refractivity contribution is -0.120. The lowest BCUT2D eigenvalue weighted by Gasteiger charge is -2.21. The van der Waals surface area contributed by atoms with Crippen LogP contribution in [0, 0.1) is 5.92 Å². The van der Waals surface area contributed by atoms with E-state index in [1.165, 1.54) is 4.88 Å². The average molecular weight is 415 g/mol. The van der Waals surface area contributed by atoms with Crippen LogP contribution in [-0.4, -0.2) is 44.0 Å². The second kappa shape index (κ2) is 8.45. The lowest BCUT2D eigenvalue weighted by Crippen LogP contribution is -2.27. The number of rotatable bonds is 5. The van der Waals surface area contributed by atoms with E-state index in [0.717, 1.165) is 49.2 Å². The number of thiophene rings is 1. The van der Waals surface area contributed by atoms with Crippen LogP contribution >= 0.6 is 11.3 Å².